The molecule has 0 aliphatic heterocycles. The van der Waals surface area contributed by atoms with E-state index in [1.165, 1.54) is 11.8 Å². The van der Waals surface area contributed by atoms with Crippen LogP contribution in [0.4, 0.5) is 5.69 Å². The molecule has 0 fully saturated rings. The number of rotatable bonds is 5. The zero-order valence-electron chi connectivity index (χ0n) is 14.2. The normalized spacial score (nSPS) is 12.0. The minimum atomic E-state index is -0.369. The van der Waals surface area contributed by atoms with Gasteiger partial charge in [0.15, 0.2) is 0 Å². The average Bonchev–Trinajstić information content (AvgIpc) is 3.06. The molecular formula is C18H18N4O2S. The first-order valence-corrected chi connectivity index (χ1v) is 8.69. The van der Waals surface area contributed by atoms with Gasteiger partial charge in [-0.3, -0.25) is 9.78 Å². The SMILES string of the molecule is Cc1ccc(NC(=O)[C@H](C)Sc2nnc(-c3ccncc3)o2)c(C)c1. The molecule has 6 nitrogen and oxygen atoms in total. The predicted octanol–water partition coefficient (Wildman–Crippen LogP) is 3.87. The summed E-state index contributed by atoms with van der Waals surface area (Å²) in [5.74, 6) is 0.299. The van der Waals surface area contributed by atoms with Crippen molar-refractivity contribution in [2.45, 2.75) is 31.2 Å². The molecule has 7 heteroatoms. The maximum atomic E-state index is 12.4. The molecule has 0 saturated carbocycles. The van der Waals surface area contributed by atoms with Crippen LogP contribution in [0.15, 0.2) is 52.4 Å². The lowest BCUT2D eigenvalue weighted by Crippen LogP contribution is -2.22. The Hall–Kier alpha value is -2.67. The number of hydrogen-bond acceptors (Lipinski definition) is 6. The van der Waals surface area contributed by atoms with Gasteiger partial charge in [-0.1, -0.05) is 29.5 Å². The molecule has 0 spiro atoms. The Morgan fingerprint density at radius 3 is 2.64 bits per heavy atom. The molecular weight excluding hydrogens is 336 g/mol. The molecule has 1 aromatic carbocycles. The van der Waals surface area contributed by atoms with Gasteiger partial charge >= 0.3 is 0 Å². The second kappa shape index (κ2) is 7.48. The van der Waals surface area contributed by atoms with E-state index in [9.17, 15) is 4.79 Å². The topological polar surface area (TPSA) is 80.9 Å². The third-order valence-electron chi connectivity index (χ3n) is 3.62. The molecule has 0 saturated heterocycles. The first kappa shape index (κ1) is 17.2. The first-order chi connectivity index (χ1) is 12.0. The van der Waals surface area contributed by atoms with Gasteiger partial charge in [0.05, 0.1) is 5.25 Å². The molecule has 1 amide bonds. The van der Waals surface area contributed by atoms with Crippen LogP contribution in [0.1, 0.15) is 18.1 Å². The lowest BCUT2D eigenvalue weighted by Gasteiger charge is -2.12. The highest BCUT2D eigenvalue weighted by atomic mass is 32.2. The van der Waals surface area contributed by atoms with Crippen molar-refractivity contribution in [3.05, 3.63) is 53.9 Å². The van der Waals surface area contributed by atoms with E-state index in [0.717, 1.165) is 22.4 Å². The molecule has 3 rings (SSSR count). The van der Waals surface area contributed by atoms with E-state index in [1.807, 2.05) is 32.0 Å². The monoisotopic (exact) mass is 354 g/mol. The highest BCUT2D eigenvalue weighted by Gasteiger charge is 2.19. The lowest BCUT2D eigenvalue weighted by atomic mass is 10.1. The summed E-state index contributed by atoms with van der Waals surface area (Å²) >= 11 is 1.23. The fourth-order valence-corrected chi connectivity index (χ4v) is 2.94. The summed E-state index contributed by atoms with van der Waals surface area (Å²) in [6, 6.07) is 9.50. The lowest BCUT2D eigenvalue weighted by molar-refractivity contribution is -0.115. The molecule has 25 heavy (non-hydrogen) atoms. The van der Waals surface area contributed by atoms with E-state index in [-0.39, 0.29) is 11.2 Å². The van der Waals surface area contributed by atoms with Gasteiger partial charge in [-0.2, -0.15) is 0 Å². The summed E-state index contributed by atoms with van der Waals surface area (Å²) in [5.41, 5.74) is 3.79. The molecule has 0 unspecified atom stereocenters. The molecule has 0 bridgehead atoms. The smallest absolute Gasteiger partial charge is 0.277 e. The summed E-state index contributed by atoms with van der Waals surface area (Å²) in [7, 11) is 0. The second-order valence-electron chi connectivity index (χ2n) is 5.68. The van der Waals surface area contributed by atoms with Crippen LogP contribution in [0.25, 0.3) is 11.5 Å². The number of hydrogen-bond donors (Lipinski definition) is 1. The molecule has 0 radical (unpaired) electrons. The standard InChI is InChI=1S/C18H18N4O2S/c1-11-4-5-15(12(2)10-11)20-16(23)13(3)25-18-22-21-17(24-18)14-6-8-19-9-7-14/h4-10,13H,1-3H3,(H,20,23)/t13-/m0/s1. The molecule has 0 aliphatic carbocycles. The zero-order valence-corrected chi connectivity index (χ0v) is 15.0. The summed E-state index contributed by atoms with van der Waals surface area (Å²) in [6.07, 6.45) is 3.32. The Kier molecular flexibility index (Phi) is 5.14. The van der Waals surface area contributed by atoms with Crippen molar-refractivity contribution in [2.75, 3.05) is 5.32 Å². The van der Waals surface area contributed by atoms with Crippen LogP contribution in [-0.4, -0.2) is 26.3 Å². The van der Waals surface area contributed by atoms with E-state index in [1.54, 1.807) is 31.5 Å². The first-order valence-electron chi connectivity index (χ1n) is 7.81. The van der Waals surface area contributed by atoms with Crippen LogP contribution in [0.3, 0.4) is 0 Å². The number of nitrogens with one attached hydrogen (secondary N) is 1. The zero-order chi connectivity index (χ0) is 17.8. The molecule has 1 atom stereocenters. The average molecular weight is 354 g/mol. The number of amides is 1. The minimum absolute atomic E-state index is 0.111. The number of benzene rings is 1. The Balaban J connectivity index is 1.65. The number of carbonyl (C=O) groups excluding carboxylic acids is 1. The van der Waals surface area contributed by atoms with Crippen LogP contribution in [0, 0.1) is 13.8 Å². The molecule has 2 aromatic heterocycles. The summed E-state index contributed by atoms with van der Waals surface area (Å²) in [5, 5.41) is 10.9. The number of anilines is 1. The van der Waals surface area contributed by atoms with Crippen LogP contribution in [0.2, 0.25) is 0 Å². The maximum absolute atomic E-state index is 12.4. The summed E-state index contributed by atoms with van der Waals surface area (Å²) in [4.78, 5) is 16.4. The summed E-state index contributed by atoms with van der Waals surface area (Å²) < 4.78 is 5.61. The number of thioether (sulfide) groups is 1. The van der Waals surface area contributed by atoms with Crippen molar-refractivity contribution in [2.24, 2.45) is 0 Å². The quantitative estimate of drug-likeness (QED) is 0.701. The van der Waals surface area contributed by atoms with Gasteiger partial charge in [-0.05, 0) is 44.5 Å². The van der Waals surface area contributed by atoms with Crippen molar-refractivity contribution in [3.8, 4) is 11.5 Å². The van der Waals surface area contributed by atoms with Gasteiger partial charge in [-0.15, -0.1) is 10.2 Å². The highest BCUT2D eigenvalue weighted by molar-refractivity contribution is 8.00. The van der Waals surface area contributed by atoms with Crippen LogP contribution < -0.4 is 5.32 Å². The van der Waals surface area contributed by atoms with E-state index in [4.69, 9.17) is 4.42 Å². The Bertz CT molecular complexity index is 880. The molecule has 3 aromatic rings. The Labute approximate surface area is 150 Å². The Morgan fingerprint density at radius 1 is 1.16 bits per heavy atom. The summed E-state index contributed by atoms with van der Waals surface area (Å²) in [6.45, 7) is 5.80. The second-order valence-corrected chi connectivity index (χ2v) is 6.97. The third-order valence-corrected chi connectivity index (χ3v) is 4.55. The van der Waals surface area contributed by atoms with Crippen molar-refractivity contribution < 1.29 is 9.21 Å². The van der Waals surface area contributed by atoms with Crippen LogP contribution in [-0.2, 0) is 4.79 Å². The number of pyridine rings is 1. The molecule has 2 heterocycles. The highest BCUT2D eigenvalue weighted by Crippen LogP contribution is 2.27. The number of carbonyl (C=O) groups is 1. The van der Waals surface area contributed by atoms with Crippen molar-refractivity contribution >= 4 is 23.4 Å². The van der Waals surface area contributed by atoms with Gasteiger partial charge < -0.3 is 9.73 Å². The number of aryl methyl sites for hydroxylation is 2. The van der Waals surface area contributed by atoms with Gasteiger partial charge in [0, 0.05) is 23.6 Å². The van der Waals surface area contributed by atoms with E-state index in [2.05, 4.69) is 20.5 Å². The fraction of sp³-hybridized carbons (Fsp3) is 0.222. The number of aromatic nitrogens is 3. The van der Waals surface area contributed by atoms with Crippen molar-refractivity contribution in [3.63, 3.8) is 0 Å². The third kappa shape index (κ3) is 4.24. The van der Waals surface area contributed by atoms with Gasteiger partial charge in [-0.25, -0.2) is 0 Å². The largest absolute Gasteiger partial charge is 0.411 e. The van der Waals surface area contributed by atoms with E-state index in [0.29, 0.717) is 11.1 Å². The minimum Gasteiger partial charge on any atom is -0.411 e. The Morgan fingerprint density at radius 2 is 1.92 bits per heavy atom. The van der Waals surface area contributed by atoms with Gasteiger partial charge in [0.2, 0.25) is 11.8 Å². The molecule has 0 aliphatic rings. The van der Waals surface area contributed by atoms with Gasteiger partial charge in [0.1, 0.15) is 0 Å². The van der Waals surface area contributed by atoms with E-state index >= 15 is 0 Å². The van der Waals surface area contributed by atoms with Crippen LogP contribution in [0.5, 0.6) is 0 Å². The maximum Gasteiger partial charge on any atom is 0.277 e. The molecule has 1 N–H and O–H groups in total. The van der Waals surface area contributed by atoms with Crippen molar-refractivity contribution in [1.82, 2.24) is 15.2 Å². The van der Waals surface area contributed by atoms with Crippen molar-refractivity contribution in [1.29, 1.82) is 0 Å². The van der Waals surface area contributed by atoms with E-state index < -0.39 is 0 Å². The van der Waals surface area contributed by atoms with Gasteiger partial charge in [0.25, 0.3) is 5.22 Å². The van der Waals surface area contributed by atoms with Crippen LogP contribution >= 0.6 is 11.8 Å². The number of nitrogens with zero attached hydrogens (tertiary/aromatic N) is 3. The molecule has 128 valence electrons. The fourth-order valence-electron chi connectivity index (χ4n) is 2.26. The predicted molar refractivity (Wildman–Crippen MR) is 97.4 cm³/mol.